The first-order chi connectivity index (χ1) is 23.4. The summed E-state index contributed by atoms with van der Waals surface area (Å²) in [5, 5.41) is 19.7. The molecule has 252 valence electrons. The van der Waals surface area contributed by atoms with Crippen molar-refractivity contribution in [1.82, 2.24) is 25.2 Å². The highest BCUT2D eigenvalue weighted by Crippen LogP contribution is 2.35. The molecule has 5 aromatic rings. The number of hydrogen-bond donors (Lipinski definition) is 4. The molecule has 0 fully saturated rings. The summed E-state index contributed by atoms with van der Waals surface area (Å²) in [5.74, 6) is -5.35. The number of carboxylic acids is 1. The number of nitrogen functional groups attached to an aromatic ring is 1. The van der Waals surface area contributed by atoms with Crippen LogP contribution >= 0.6 is 11.6 Å². The van der Waals surface area contributed by atoms with Crippen LogP contribution in [-0.4, -0.2) is 50.6 Å². The molecule has 0 spiro atoms. The van der Waals surface area contributed by atoms with Gasteiger partial charge in [-0.1, -0.05) is 29.8 Å². The lowest BCUT2D eigenvalue weighted by molar-refractivity contribution is 0.0598. The van der Waals surface area contributed by atoms with Gasteiger partial charge in [-0.2, -0.15) is 5.10 Å². The minimum atomic E-state index is -1.36. The number of anilines is 1. The topological polar surface area (TPSA) is 178 Å². The summed E-state index contributed by atoms with van der Waals surface area (Å²) in [5.41, 5.74) is 8.32. The van der Waals surface area contributed by atoms with Gasteiger partial charge in [0.15, 0.2) is 17.3 Å². The predicted octanol–water partition coefficient (Wildman–Crippen LogP) is 5.07. The monoisotopic (exact) mass is 690 g/mol. The van der Waals surface area contributed by atoms with Crippen molar-refractivity contribution in [2.75, 3.05) is 12.8 Å². The Morgan fingerprint density at radius 2 is 1.82 bits per heavy atom. The SMILES string of the molecule is COC(=O)c1ccc2c(c1C)CC[C@@H]2NC(=O)c1cc(C(=O)NCc2ccc(F)c(F)c2)nc2c(C(=O)O)cnn12.Nc1cccc(Cl)c1. The molecule has 0 radical (unpaired) electrons. The Labute approximate surface area is 282 Å². The molecule has 1 aliphatic carbocycles. The van der Waals surface area contributed by atoms with Crippen LogP contribution in [0.2, 0.25) is 5.02 Å². The lowest BCUT2D eigenvalue weighted by atomic mass is 9.98. The number of aromatic nitrogens is 3. The van der Waals surface area contributed by atoms with Gasteiger partial charge in [0.05, 0.1) is 24.9 Å². The van der Waals surface area contributed by atoms with Gasteiger partial charge in [0, 0.05) is 23.3 Å². The molecule has 1 aliphatic rings. The summed E-state index contributed by atoms with van der Waals surface area (Å²) in [6.45, 7) is 1.63. The van der Waals surface area contributed by atoms with E-state index in [1.54, 1.807) is 30.3 Å². The number of carboxylic acid groups (broad SMARTS) is 1. The summed E-state index contributed by atoms with van der Waals surface area (Å²) in [6.07, 6.45) is 2.17. The molecule has 5 N–H and O–H groups in total. The van der Waals surface area contributed by atoms with E-state index in [-0.39, 0.29) is 34.7 Å². The second kappa shape index (κ2) is 14.5. The number of carbonyl (C=O) groups is 4. The second-order valence-corrected chi connectivity index (χ2v) is 11.4. The molecule has 0 saturated heterocycles. The van der Waals surface area contributed by atoms with E-state index in [1.807, 2.05) is 13.0 Å². The maximum absolute atomic E-state index is 13.6. The Balaban J connectivity index is 0.000000514. The molecule has 3 aromatic carbocycles. The molecular formula is C34H29ClF2N6O6. The lowest BCUT2D eigenvalue weighted by Gasteiger charge is -2.16. The maximum atomic E-state index is 13.6. The molecule has 1 atom stereocenters. The minimum Gasteiger partial charge on any atom is -0.477 e. The van der Waals surface area contributed by atoms with Crippen molar-refractivity contribution in [3.8, 4) is 0 Å². The number of benzene rings is 3. The van der Waals surface area contributed by atoms with Crippen LogP contribution in [0.5, 0.6) is 0 Å². The maximum Gasteiger partial charge on any atom is 0.341 e. The zero-order valence-corrected chi connectivity index (χ0v) is 26.8. The van der Waals surface area contributed by atoms with Gasteiger partial charge < -0.3 is 26.2 Å². The summed E-state index contributed by atoms with van der Waals surface area (Å²) in [4.78, 5) is 54.4. The summed E-state index contributed by atoms with van der Waals surface area (Å²) >= 11 is 5.56. The molecule has 15 heteroatoms. The van der Waals surface area contributed by atoms with Gasteiger partial charge in [-0.15, -0.1) is 0 Å². The second-order valence-electron chi connectivity index (χ2n) is 11.0. The van der Waals surface area contributed by atoms with E-state index in [1.165, 1.54) is 19.2 Å². The summed E-state index contributed by atoms with van der Waals surface area (Å²) < 4.78 is 32.7. The van der Waals surface area contributed by atoms with Gasteiger partial charge in [0.25, 0.3) is 11.8 Å². The van der Waals surface area contributed by atoms with Crippen molar-refractivity contribution in [3.63, 3.8) is 0 Å². The number of fused-ring (bicyclic) bond motifs is 2. The fraction of sp³-hybridized carbons (Fsp3) is 0.176. The van der Waals surface area contributed by atoms with Gasteiger partial charge in [0.2, 0.25) is 0 Å². The molecule has 6 rings (SSSR count). The predicted molar refractivity (Wildman–Crippen MR) is 174 cm³/mol. The molecule has 2 aromatic heterocycles. The number of esters is 1. The number of rotatable bonds is 7. The lowest BCUT2D eigenvalue weighted by Crippen LogP contribution is -2.31. The van der Waals surface area contributed by atoms with E-state index < -0.39 is 41.4 Å². The smallest absolute Gasteiger partial charge is 0.341 e. The van der Waals surface area contributed by atoms with Gasteiger partial charge in [-0.25, -0.2) is 27.9 Å². The van der Waals surface area contributed by atoms with Crippen molar-refractivity contribution < 1.29 is 37.8 Å². The molecule has 0 bridgehead atoms. The first-order valence-electron chi connectivity index (χ1n) is 14.7. The number of aromatic carboxylic acids is 1. The van der Waals surface area contributed by atoms with Crippen molar-refractivity contribution in [2.45, 2.75) is 32.4 Å². The van der Waals surface area contributed by atoms with Crippen molar-refractivity contribution in [3.05, 3.63) is 128 Å². The Morgan fingerprint density at radius 3 is 2.47 bits per heavy atom. The third-order valence-corrected chi connectivity index (χ3v) is 8.09. The van der Waals surface area contributed by atoms with Crippen molar-refractivity contribution >= 4 is 46.7 Å². The van der Waals surface area contributed by atoms with Crippen LogP contribution in [-0.2, 0) is 17.7 Å². The molecule has 0 unspecified atom stereocenters. The van der Waals surface area contributed by atoms with E-state index in [0.29, 0.717) is 29.1 Å². The van der Waals surface area contributed by atoms with E-state index in [0.717, 1.165) is 39.5 Å². The minimum absolute atomic E-state index is 0.142. The third kappa shape index (κ3) is 7.49. The number of amides is 2. The van der Waals surface area contributed by atoms with E-state index >= 15 is 0 Å². The summed E-state index contributed by atoms with van der Waals surface area (Å²) in [6, 6.07) is 14.4. The van der Waals surface area contributed by atoms with Crippen molar-refractivity contribution in [1.29, 1.82) is 0 Å². The largest absolute Gasteiger partial charge is 0.477 e. The Kier molecular flexibility index (Phi) is 10.2. The number of halogens is 3. The standard InChI is InChI=1S/C28H23F2N5O6.C6H6ClN/c1-13-15-6-8-21(17(15)5-4-16(13)28(40)41-2)34-26(37)23-10-22(33-24-18(27(38)39)12-32-35(23)24)25(36)31-11-14-3-7-19(29)20(30)9-14;7-5-2-1-3-6(8)4-5/h3-5,7,9-10,12,21H,6,8,11H2,1-2H3,(H,31,36)(H,34,37)(H,38,39);1-4H,8H2/t21-;/m0./s1. The van der Waals surface area contributed by atoms with Crippen LogP contribution in [0, 0.1) is 18.6 Å². The van der Waals surface area contributed by atoms with Gasteiger partial charge in [-0.3, -0.25) is 9.59 Å². The normalized spacial score (nSPS) is 13.2. The molecule has 12 nitrogen and oxygen atoms in total. The number of carbonyl (C=O) groups excluding carboxylic acids is 3. The number of nitrogens with one attached hydrogen (secondary N) is 2. The van der Waals surface area contributed by atoms with Gasteiger partial charge in [0.1, 0.15) is 17.0 Å². The highest BCUT2D eigenvalue weighted by atomic mass is 35.5. The van der Waals surface area contributed by atoms with Gasteiger partial charge in [-0.05, 0) is 78.4 Å². The van der Waals surface area contributed by atoms with E-state index in [9.17, 15) is 33.1 Å². The Hall–Kier alpha value is -5.89. The number of hydrogen-bond acceptors (Lipinski definition) is 8. The fourth-order valence-corrected chi connectivity index (χ4v) is 5.61. The zero-order valence-electron chi connectivity index (χ0n) is 26.1. The van der Waals surface area contributed by atoms with Crippen LogP contribution in [0.3, 0.4) is 0 Å². The number of nitrogens with zero attached hydrogens (tertiary/aromatic N) is 3. The summed E-state index contributed by atoms with van der Waals surface area (Å²) in [7, 11) is 1.30. The van der Waals surface area contributed by atoms with E-state index in [4.69, 9.17) is 22.1 Å². The van der Waals surface area contributed by atoms with E-state index in [2.05, 4.69) is 20.7 Å². The molecule has 2 heterocycles. The van der Waals surface area contributed by atoms with Crippen LogP contribution in [0.4, 0.5) is 14.5 Å². The molecule has 2 amide bonds. The molecule has 0 aliphatic heterocycles. The first kappa shape index (κ1) is 34.4. The Morgan fingerprint density at radius 1 is 1.04 bits per heavy atom. The molecular weight excluding hydrogens is 662 g/mol. The number of nitrogens with two attached hydrogens (primary N) is 1. The van der Waals surface area contributed by atoms with Crippen LogP contribution < -0.4 is 16.4 Å². The molecule has 0 saturated carbocycles. The first-order valence-corrected chi connectivity index (χ1v) is 15.1. The van der Waals surface area contributed by atoms with Gasteiger partial charge >= 0.3 is 11.9 Å². The van der Waals surface area contributed by atoms with Crippen LogP contribution in [0.1, 0.15) is 76.4 Å². The third-order valence-electron chi connectivity index (χ3n) is 7.86. The average Bonchev–Trinajstić information content (AvgIpc) is 3.69. The average molecular weight is 691 g/mol. The Bertz CT molecular complexity index is 2100. The highest BCUT2D eigenvalue weighted by Gasteiger charge is 2.29. The van der Waals surface area contributed by atoms with Crippen LogP contribution in [0.25, 0.3) is 5.65 Å². The quantitative estimate of drug-likeness (QED) is 0.134. The van der Waals surface area contributed by atoms with Crippen molar-refractivity contribution in [2.24, 2.45) is 0 Å². The fourth-order valence-electron chi connectivity index (χ4n) is 5.41. The number of methoxy groups -OCH3 is 1. The zero-order chi connectivity index (χ0) is 35.4. The molecule has 49 heavy (non-hydrogen) atoms. The highest BCUT2D eigenvalue weighted by molar-refractivity contribution is 6.30. The van der Waals surface area contributed by atoms with Crippen LogP contribution in [0.15, 0.2) is 66.9 Å². The number of ether oxygens (including phenoxy) is 1.